The third kappa shape index (κ3) is 3.01. The number of amides is 1. The molecule has 0 saturated heterocycles. The molecule has 3 rings (SSSR count). The van der Waals surface area contributed by atoms with Crippen LogP contribution in [0.1, 0.15) is 19.8 Å². The Labute approximate surface area is 129 Å². The van der Waals surface area contributed by atoms with E-state index in [0.717, 1.165) is 30.8 Å². The average Bonchev–Trinajstić information content (AvgIpc) is 3.32. The lowest BCUT2D eigenvalue weighted by Crippen LogP contribution is -2.50. The van der Waals surface area contributed by atoms with Gasteiger partial charge in [-0.1, -0.05) is 12.1 Å². The van der Waals surface area contributed by atoms with E-state index in [4.69, 9.17) is 0 Å². The number of nitrogens with one attached hydrogen (secondary N) is 1. The molecule has 2 aliphatic rings. The first-order chi connectivity index (χ1) is 10.1. The lowest BCUT2D eigenvalue weighted by Gasteiger charge is -2.31. The van der Waals surface area contributed by atoms with Crippen LogP contribution in [0.25, 0.3) is 0 Å². The maximum Gasteiger partial charge on any atom is 0.240 e. The van der Waals surface area contributed by atoms with Crippen molar-refractivity contribution in [3.05, 3.63) is 24.3 Å². The highest BCUT2D eigenvalue weighted by atomic mass is 32.2. The first-order valence-corrected chi connectivity index (χ1v) is 8.30. The number of carbonyl (C=O) groups is 1. The van der Waals surface area contributed by atoms with Crippen LogP contribution in [0.2, 0.25) is 0 Å². The Morgan fingerprint density at radius 2 is 2.29 bits per heavy atom. The van der Waals surface area contributed by atoms with Gasteiger partial charge in [0.05, 0.1) is 18.3 Å². The molecule has 1 fully saturated rings. The topological polar surface area (TPSA) is 56.1 Å². The number of para-hydroxylation sites is 1. The van der Waals surface area contributed by atoms with Crippen molar-refractivity contribution < 1.29 is 4.79 Å². The molecule has 1 N–H and O–H groups in total. The largest absolute Gasteiger partial charge is 0.360 e. The van der Waals surface area contributed by atoms with Crippen LogP contribution in [0.4, 0.5) is 5.69 Å². The molecule has 0 aromatic heterocycles. The Kier molecular flexibility index (Phi) is 3.81. The first kappa shape index (κ1) is 14.3. The van der Waals surface area contributed by atoms with Gasteiger partial charge in [-0.15, -0.1) is 11.8 Å². The van der Waals surface area contributed by atoms with Crippen molar-refractivity contribution in [2.24, 2.45) is 5.92 Å². The number of benzene rings is 1. The van der Waals surface area contributed by atoms with Gasteiger partial charge in [0, 0.05) is 17.2 Å². The van der Waals surface area contributed by atoms with E-state index in [0.29, 0.717) is 12.5 Å². The van der Waals surface area contributed by atoms with Gasteiger partial charge in [-0.3, -0.25) is 4.79 Å². The summed E-state index contributed by atoms with van der Waals surface area (Å²) in [5, 5.41) is 12.3. The van der Waals surface area contributed by atoms with E-state index in [1.807, 2.05) is 30.8 Å². The molecule has 0 unspecified atom stereocenters. The zero-order valence-corrected chi connectivity index (χ0v) is 12.9. The number of rotatable bonds is 4. The molecule has 1 amide bonds. The van der Waals surface area contributed by atoms with Crippen molar-refractivity contribution in [2.45, 2.75) is 30.2 Å². The molecule has 1 saturated carbocycles. The van der Waals surface area contributed by atoms with Crippen LogP contribution in [0.3, 0.4) is 0 Å². The SMILES string of the molecule is C[C@](C#N)(NC(=O)CN1CCSc2ccccc21)C1CC1. The molecule has 0 radical (unpaired) electrons. The van der Waals surface area contributed by atoms with E-state index in [1.165, 1.54) is 4.90 Å². The molecule has 1 aliphatic heterocycles. The second kappa shape index (κ2) is 5.61. The van der Waals surface area contributed by atoms with Gasteiger partial charge in [-0.2, -0.15) is 5.26 Å². The minimum atomic E-state index is -0.707. The molecular formula is C16H19N3OS. The maximum atomic E-state index is 12.3. The van der Waals surface area contributed by atoms with Crippen molar-refractivity contribution in [2.75, 3.05) is 23.7 Å². The summed E-state index contributed by atoms with van der Waals surface area (Å²) in [5.74, 6) is 1.24. The van der Waals surface area contributed by atoms with E-state index in [1.54, 1.807) is 0 Å². The summed E-state index contributed by atoms with van der Waals surface area (Å²) < 4.78 is 0. The van der Waals surface area contributed by atoms with E-state index >= 15 is 0 Å². The van der Waals surface area contributed by atoms with Crippen molar-refractivity contribution in [1.29, 1.82) is 5.26 Å². The fourth-order valence-corrected chi connectivity index (χ4v) is 3.83. The fraction of sp³-hybridized carbons (Fsp3) is 0.500. The average molecular weight is 301 g/mol. The number of nitriles is 1. The summed E-state index contributed by atoms with van der Waals surface area (Å²) in [4.78, 5) is 15.6. The smallest absolute Gasteiger partial charge is 0.240 e. The first-order valence-electron chi connectivity index (χ1n) is 7.31. The fourth-order valence-electron chi connectivity index (χ4n) is 2.78. The summed E-state index contributed by atoms with van der Waals surface area (Å²) in [6.45, 7) is 3.02. The van der Waals surface area contributed by atoms with Gasteiger partial charge in [-0.05, 0) is 37.8 Å². The Morgan fingerprint density at radius 3 is 3.00 bits per heavy atom. The Bertz CT molecular complexity index is 593. The van der Waals surface area contributed by atoms with Crippen molar-refractivity contribution in [1.82, 2.24) is 5.32 Å². The lowest BCUT2D eigenvalue weighted by atomic mass is 9.98. The third-order valence-electron chi connectivity index (χ3n) is 4.18. The summed E-state index contributed by atoms with van der Waals surface area (Å²) in [7, 11) is 0. The van der Waals surface area contributed by atoms with Crippen LogP contribution < -0.4 is 10.2 Å². The molecule has 4 nitrogen and oxygen atoms in total. The molecule has 1 heterocycles. The van der Waals surface area contributed by atoms with Crippen LogP contribution >= 0.6 is 11.8 Å². The zero-order valence-electron chi connectivity index (χ0n) is 12.1. The monoisotopic (exact) mass is 301 g/mol. The molecule has 5 heteroatoms. The van der Waals surface area contributed by atoms with Crippen LogP contribution in [-0.2, 0) is 4.79 Å². The van der Waals surface area contributed by atoms with Gasteiger partial charge in [0.15, 0.2) is 0 Å². The van der Waals surface area contributed by atoms with Gasteiger partial charge < -0.3 is 10.2 Å². The summed E-state index contributed by atoms with van der Waals surface area (Å²) in [5.41, 5.74) is 0.412. The number of thioether (sulfide) groups is 1. The predicted octanol–water partition coefficient (Wildman–Crippen LogP) is 2.41. The Morgan fingerprint density at radius 1 is 1.52 bits per heavy atom. The molecule has 0 spiro atoms. The highest BCUT2D eigenvalue weighted by Crippen LogP contribution is 2.39. The third-order valence-corrected chi connectivity index (χ3v) is 5.23. The van der Waals surface area contributed by atoms with Gasteiger partial charge in [0.1, 0.15) is 5.54 Å². The molecule has 1 atom stereocenters. The van der Waals surface area contributed by atoms with Gasteiger partial charge in [-0.25, -0.2) is 0 Å². The normalized spacial score (nSPS) is 20.1. The van der Waals surface area contributed by atoms with Crippen LogP contribution in [0.5, 0.6) is 0 Å². The minimum Gasteiger partial charge on any atom is -0.360 e. The Balaban J connectivity index is 1.67. The van der Waals surface area contributed by atoms with Gasteiger partial charge in [0.25, 0.3) is 0 Å². The highest BCUT2D eigenvalue weighted by molar-refractivity contribution is 7.99. The van der Waals surface area contributed by atoms with Crippen molar-refractivity contribution in [3.63, 3.8) is 0 Å². The van der Waals surface area contributed by atoms with Crippen molar-refractivity contribution in [3.8, 4) is 6.07 Å². The molecule has 21 heavy (non-hydrogen) atoms. The zero-order chi connectivity index (χ0) is 14.9. The molecule has 0 bridgehead atoms. The lowest BCUT2D eigenvalue weighted by molar-refractivity contribution is -0.121. The van der Waals surface area contributed by atoms with Gasteiger partial charge >= 0.3 is 0 Å². The molecule has 1 aromatic rings. The summed E-state index contributed by atoms with van der Waals surface area (Å²) in [6, 6.07) is 10.4. The number of anilines is 1. The second-order valence-electron chi connectivity index (χ2n) is 5.87. The van der Waals surface area contributed by atoms with E-state index in [9.17, 15) is 10.1 Å². The quantitative estimate of drug-likeness (QED) is 0.928. The predicted molar refractivity (Wildman–Crippen MR) is 84.3 cm³/mol. The summed E-state index contributed by atoms with van der Waals surface area (Å²) in [6.07, 6.45) is 2.07. The number of nitrogens with zero attached hydrogens (tertiary/aromatic N) is 2. The van der Waals surface area contributed by atoms with E-state index < -0.39 is 5.54 Å². The molecule has 1 aromatic carbocycles. The van der Waals surface area contributed by atoms with Crippen LogP contribution in [0, 0.1) is 17.2 Å². The molecular weight excluding hydrogens is 282 g/mol. The van der Waals surface area contributed by atoms with E-state index in [2.05, 4.69) is 28.4 Å². The van der Waals surface area contributed by atoms with Crippen molar-refractivity contribution >= 4 is 23.4 Å². The second-order valence-corrected chi connectivity index (χ2v) is 7.01. The van der Waals surface area contributed by atoms with Crippen LogP contribution in [-0.4, -0.2) is 30.3 Å². The molecule has 1 aliphatic carbocycles. The molecule has 110 valence electrons. The number of hydrogen-bond acceptors (Lipinski definition) is 4. The maximum absolute atomic E-state index is 12.3. The van der Waals surface area contributed by atoms with Crippen LogP contribution in [0.15, 0.2) is 29.2 Å². The standard InChI is InChI=1S/C16H19N3OS/c1-16(11-17,12-6-7-12)18-15(20)10-19-8-9-21-14-5-3-2-4-13(14)19/h2-5,12H,6-10H2,1H3,(H,18,20)/t16-/m1/s1. The summed E-state index contributed by atoms with van der Waals surface area (Å²) >= 11 is 1.83. The number of hydrogen-bond donors (Lipinski definition) is 1. The highest BCUT2D eigenvalue weighted by Gasteiger charge is 2.43. The number of fused-ring (bicyclic) bond motifs is 1. The Hall–Kier alpha value is -1.67. The van der Waals surface area contributed by atoms with E-state index in [-0.39, 0.29) is 5.91 Å². The van der Waals surface area contributed by atoms with Gasteiger partial charge in [0.2, 0.25) is 5.91 Å². The number of carbonyl (C=O) groups excluding carboxylic acids is 1. The minimum absolute atomic E-state index is 0.0624.